The Labute approximate surface area is 187 Å². The van der Waals surface area contributed by atoms with Crippen LogP contribution >= 0.6 is 0 Å². The molecule has 0 spiro atoms. The predicted molar refractivity (Wildman–Crippen MR) is 126 cm³/mol. The fourth-order valence-corrected chi connectivity index (χ4v) is 4.00. The number of anilines is 2. The second kappa shape index (κ2) is 9.06. The van der Waals surface area contributed by atoms with E-state index in [2.05, 4.69) is 27.7 Å². The topological polar surface area (TPSA) is 63.9 Å². The van der Waals surface area contributed by atoms with E-state index in [1.54, 1.807) is 14.2 Å². The molecule has 1 N–H and O–H groups in total. The number of para-hydroxylation sites is 1. The Bertz CT molecular complexity index is 1260. The number of carboxylic acid groups (broad SMARTS) is 1. The van der Waals surface area contributed by atoms with Crippen molar-refractivity contribution in [3.05, 3.63) is 84.1 Å². The minimum Gasteiger partial charge on any atom is -0.493 e. The van der Waals surface area contributed by atoms with Crippen molar-refractivity contribution in [3.8, 4) is 11.5 Å². The third-order valence-electron chi connectivity index (χ3n) is 5.62. The number of nitrogens with zero attached hydrogens (tertiary/aromatic N) is 2. The first-order valence-electron chi connectivity index (χ1n) is 10.3. The average Bonchev–Trinajstić information content (AvgIpc) is 3.14. The van der Waals surface area contributed by atoms with Crippen LogP contribution in [0.3, 0.4) is 0 Å². The molecule has 0 aliphatic carbocycles. The van der Waals surface area contributed by atoms with E-state index in [9.17, 15) is 9.90 Å². The van der Waals surface area contributed by atoms with Gasteiger partial charge in [-0.15, -0.1) is 0 Å². The summed E-state index contributed by atoms with van der Waals surface area (Å²) < 4.78 is 12.9. The number of ether oxygens (including phenoxy) is 2. The maximum absolute atomic E-state index is 11.3. The number of carboxylic acids is 1. The average molecular weight is 431 g/mol. The van der Waals surface area contributed by atoms with E-state index in [4.69, 9.17) is 9.47 Å². The lowest BCUT2D eigenvalue weighted by Crippen LogP contribution is -2.10. The lowest BCUT2D eigenvalue weighted by Gasteiger charge is -2.21. The maximum atomic E-state index is 11.3. The summed E-state index contributed by atoms with van der Waals surface area (Å²) in [6.07, 6.45) is 1.96. The van der Waals surface area contributed by atoms with Crippen molar-refractivity contribution >= 4 is 28.2 Å². The second-order valence-electron chi connectivity index (χ2n) is 7.64. The van der Waals surface area contributed by atoms with Crippen LogP contribution < -0.4 is 14.4 Å². The van der Waals surface area contributed by atoms with Crippen LogP contribution in [0.5, 0.6) is 11.5 Å². The molecule has 6 nitrogen and oxygen atoms in total. The van der Waals surface area contributed by atoms with Crippen LogP contribution in [-0.4, -0.2) is 36.9 Å². The number of hydrogen-bond donors (Lipinski definition) is 1. The zero-order chi connectivity index (χ0) is 22.7. The van der Waals surface area contributed by atoms with Crippen molar-refractivity contribution < 1.29 is 19.4 Å². The van der Waals surface area contributed by atoms with Gasteiger partial charge in [0.05, 0.1) is 20.6 Å². The van der Waals surface area contributed by atoms with E-state index in [0.29, 0.717) is 18.0 Å². The first-order valence-corrected chi connectivity index (χ1v) is 10.3. The SMILES string of the molecule is COc1ccc(N(C)c2cccc(Cn3cc(CC(=O)O)c4ccccc43)c2)cc1OC. The summed E-state index contributed by atoms with van der Waals surface area (Å²) in [5.41, 5.74) is 5.00. The van der Waals surface area contributed by atoms with Crippen molar-refractivity contribution in [3.63, 3.8) is 0 Å². The minimum atomic E-state index is -0.827. The summed E-state index contributed by atoms with van der Waals surface area (Å²) in [5.74, 6) is 0.541. The minimum absolute atomic E-state index is 0.00952. The van der Waals surface area contributed by atoms with Gasteiger partial charge in [-0.2, -0.15) is 0 Å². The summed E-state index contributed by atoms with van der Waals surface area (Å²) in [7, 11) is 5.26. The Morgan fingerprint density at radius 3 is 2.44 bits per heavy atom. The molecule has 6 heteroatoms. The van der Waals surface area contributed by atoms with Gasteiger partial charge in [0.15, 0.2) is 11.5 Å². The van der Waals surface area contributed by atoms with Gasteiger partial charge < -0.3 is 24.0 Å². The third kappa shape index (κ3) is 4.25. The number of methoxy groups -OCH3 is 2. The normalized spacial score (nSPS) is 10.8. The monoisotopic (exact) mass is 430 g/mol. The van der Waals surface area contributed by atoms with Crippen LogP contribution in [0.2, 0.25) is 0 Å². The zero-order valence-electron chi connectivity index (χ0n) is 18.4. The molecule has 1 aromatic heterocycles. The highest BCUT2D eigenvalue weighted by molar-refractivity contribution is 5.87. The van der Waals surface area contributed by atoms with E-state index in [0.717, 1.165) is 33.4 Å². The van der Waals surface area contributed by atoms with Gasteiger partial charge in [0.1, 0.15) is 0 Å². The Balaban J connectivity index is 1.64. The summed E-state index contributed by atoms with van der Waals surface area (Å²) in [6.45, 7) is 0.647. The van der Waals surface area contributed by atoms with Crippen molar-refractivity contribution in [1.29, 1.82) is 0 Å². The van der Waals surface area contributed by atoms with Gasteiger partial charge in [0.2, 0.25) is 0 Å². The third-order valence-corrected chi connectivity index (χ3v) is 5.62. The smallest absolute Gasteiger partial charge is 0.307 e. The molecule has 164 valence electrons. The van der Waals surface area contributed by atoms with Crippen LogP contribution in [0, 0.1) is 0 Å². The second-order valence-corrected chi connectivity index (χ2v) is 7.64. The molecular weight excluding hydrogens is 404 g/mol. The predicted octanol–water partition coefficient (Wildman–Crippen LogP) is 5.10. The molecular formula is C26H26N2O4. The molecule has 4 aromatic rings. The quantitative estimate of drug-likeness (QED) is 0.421. The summed E-state index contributed by atoms with van der Waals surface area (Å²) >= 11 is 0. The number of aromatic nitrogens is 1. The molecule has 0 amide bonds. The molecule has 0 atom stereocenters. The number of aliphatic carboxylic acids is 1. The lowest BCUT2D eigenvalue weighted by molar-refractivity contribution is -0.136. The lowest BCUT2D eigenvalue weighted by atomic mass is 10.1. The van der Waals surface area contributed by atoms with Crippen LogP contribution in [0.4, 0.5) is 11.4 Å². The molecule has 1 heterocycles. The zero-order valence-corrected chi connectivity index (χ0v) is 18.4. The van der Waals surface area contributed by atoms with E-state index >= 15 is 0 Å². The van der Waals surface area contributed by atoms with Gasteiger partial charge in [-0.25, -0.2) is 0 Å². The number of rotatable bonds is 8. The molecule has 0 radical (unpaired) electrons. The first kappa shape index (κ1) is 21.3. The molecule has 0 saturated carbocycles. The molecule has 4 rings (SSSR count). The summed E-state index contributed by atoms with van der Waals surface area (Å²) in [4.78, 5) is 13.4. The van der Waals surface area contributed by atoms with Gasteiger partial charge in [0.25, 0.3) is 0 Å². The molecule has 0 bridgehead atoms. The van der Waals surface area contributed by atoms with E-state index in [1.165, 1.54) is 0 Å². The van der Waals surface area contributed by atoms with Crippen molar-refractivity contribution in [2.75, 3.05) is 26.2 Å². The summed E-state index contributed by atoms with van der Waals surface area (Å²) in [6, 6.07) is 22.1. The molecule has 32 heavy (non-hydrogen) atoms. The van der Waals surface area contributed by atoms with Gasteiger partial charge in [-0.05, 0) is 41.5 Å². The fraction of sp³-hybridized carbons (Fsp3) is 0.192. The Hall–Kier alpha value is -3.93. The molecule has 3 aromatic carbocycles. The Morgan fingerprint density at radius 2 is 1.69 bits per heavy atom. The summed E-state index contributed by atoms with van der Waals surface area (Å²) in [5, 5.41) is 10.2. The number of carbonyl (C=O) groups is 1. The van der Waals surface area contributed by atoms with Gasteiger partial charge in [0, 0.05) is 48.1 Å². The maximum Gasteiger partial charge on any atom is 0.307 e. The van der Waals surface area contributed by atoms with Crippen LogP contribution in [0.25, 0.3) is 10.9 Å². The van der Waals surface area contributed by atoms with Crippen LogP contribution in [0.15, 0.2) is 72.9 Å². The molecule has 0 unspecified atom stereocenters. The number of hydrogen-bond acceptors (Lipinski definition) is 4. The number of fused-ring (bicyclic) bond motifs is 1. The number of benzene rings is 3. The van der Waals surface area contributed by atoms with Crippen molar-refractivity contribution in [1.82, 2.24) is 4.57 Å². The highest BCUT2D eigenvalue weighted by Crippen LogP contribution is 2.34. The van der Waals surface area contributed by atoms with Gasteiger partial charge >= 0.3 is 5.97 Å². The van der Waals surface area contributed by atoms with Crippen molar-refractivity contribution in [2.24, 2.45) is 0 Å². The fourth-order valence-electron chi connectivity index (χ4n) is 4.00. The van der Waals surface area contributed by atoms with Crippen LogP contribution in [-0.2, 0) is 17.8 Å². The van der Waals surface area contributed by atoms with Gasteiger partial charge in [-0.3, -0.25) is 4.79 Å². The molecule has 0 aliphatic heterocycles. The van der Waals surface area contributed by atoms with E-state index in [-0.39, 0.29) is 6.42 Å². The van der Waals surface area contributed by atoms with E-state index < -0.39 is 5.97 Å². The van der Waals surface area contributed by atoms with E-state index in [1.807, 2.05) is 61.8 Å². The first-order chi connectivity index (χ1) is 15.5. The van der Waals surface area contributed by atoms with Gasteiger partial charge in [-0.1, -0.05) is 30.3 Å². The van der Waals surface area contributed by atoms with Crippen LogP contribution in [0.1, 0.15) is 11.1 Å². The molecule has 0 fully saturated rings. The highest BCUT2D eigenvalue weighted by Gasteiger charge is 2.13. The van der Waals surface area contributed by atoms with Crippen molar-refractivity contribution in [2.45, 2.75) is 13.0 Å². The standard InChI is InChI=1S/C26H26N2O4/c1-27(21-11-12-24(31-2)25(15-21)32-3)20-8-6-7-18(13-20)16-28-17-19(14-26(29)30)22-9-4-5-10-23(22)28/h4-13,15,17H,14,16H2,1-3H3,(H,29,30). The Kier molecular flexibility index (Phi) is 6.03. The largest absolute Gasteiger partial charge is 0.493 e. The Morgan fingerprint density at radius 1 is 0.938 bits per heavy atom. The highest BCUT2D eigenvalue weighted by atomic mass is 16.5. The molecule has 0 saturated heterocycles. The molecule has 0 aliphatic rings.